The van der Waals surface area contributed by atoms with Gasteiger partial charge in [0.15, 0.2) is 0 Å². The topological polar surface area (TPSA) is 44.6 Å². The number of rotatable bonds is 6. The predicted octanol–water partition coefficient (Wildman–Crippen LogP) is 6.11. The first-order valence-electron chi connectivity index (χ1n) is 10.2. The lowest BCUT2D eigenvalue weighted by atomic mass is 10.1. The molecule has 1 aromatic heterocycles. The van der Waals surface area contributed by atoms with Crippen molar-refractivity contribution < 1.29 is 0 Å². The highest BCUT2D eigenvalue weighted by Crippen LogP contribution is 2.27. The molecule has 0 saturated carbocycles. The molecule has 0 N–H and O–H groups in total. The lowest BCUT2D eigenvalue weighted by molar-refractivity contribution is 0.938. The van der Waals surface area contributed by atoms with Gasteiger partial charge in [0.1, 0.15) is 0 Å². The molecule has 0 spiro atoms. The van der Waals surface area contributed by atoms with Crippen molar-refractivity contribution in [1.82, 2.24) is 9.97 Å². The first kappa shape index (κ1) is 21.7. The Labute approximate surface area is 197 Å². The van der Waals surface area contributed by atoms with Crippen LogP contribution in [-0.4, -0.2) is 37.3 Å². The van der Waals surface area contributed by atoms with Crippen LogP contribution in [0.4, 0.5) is 11.6 Å². The molecule has 0 bridgehead atoms. The first-order chi connectivity index (χ1) is 15.5. The van der Waals surface area contributed by atoms with Gasteiger partial charge in [-0.25, -0.2) is 15.0 Å². The van der Waals surface area contributed by atoms with E-state index in [4.69, 9.17) is 9.97 Å². The van der Waals surface area contributed by atoms with Gasteiger partial charge in [-0.2, -0.15) is 5.10 Å². The summed E-state index contributed by atoms with van der Waals surface area (Å²) < 4.78 is 1.03. The number of hydrogen-bond acceptors (Lipinski definition) is 5. The molecule has 4 rings (SSSR count). The summed E-state index contributed by atoms with van der Waals surface area (Å²) >= 11 is 3.50. The molecular weight excluding hydrogens is 462 g/mol. The number of hydrogen-bond donors (Lipinski definition) is 0. The molecule has 32 heavy (non-hydrogen) atoms. The van der Waals surface area contributed by atoms with Gasteiger partial charge in [-0.3, -0.25) is 0 Å². The number of halogens is 1. The van der Waals surface area contributed by atoms with Crippen LogP contribution < -0.4 is 9.91 Å². The lowest BCUT2D eigenvalue weighted by Gasteiger charge is -2.15. The standard InChI is InChI=1S/C26H24BrN5/c1-31(2)23-15-9-19(10-16-23)18-28-32(3)26-29-24(20-7-5-4-6-8-20)17-25(30-26)21-11-13-22(27)14-12-21/h4-18H,1-3H3. The second-order valence-corrected chi connectivity index (χ2v) is 8.48. The van der Waals surface area contributed by atoms with Crippen LogP contribution in [0.3, 0.4) is 0 Å². The molecule has 0 amide bonds. The van der Waals surface area contributed by atoms with Crippen molar-refractivity contribution in [3.63, 3.8) is 0 Å². The highest BCUT2D eigenvalue weighted by atomic mass is 79.9. The van der Waals surface area contributed by atoms with E-state index in [0.29, 0.717) is 5.95 Å². The molecule has 4 aromatic rings. The maximum atomic E-state index is 4.79. The zero-order chi connectivity index (χ0) is 22.5. The fourth-order valence-corrected chi connectivity index (χ4v) is 3.43. The molecule has 0 aliphatic carbocycles. The van der Waals surface area contributed by atoms with Gasteiger partial charge in [0.25, 0.3) is 0 Å². The van der Waals surface area contributed by atoms with E-state index in [9.17, 15) is 0 Å². The molecule has 0 aliphatic rings. The summed E-state index contributed by atoms with van der Waals surface area (Å²) in [7, 11) is 5.91. The zero-order valence-electron chi connectivity index (χ0n) is 18.3. The molecule has 5 nitrogen and oxygen atoms in total. The quantitative estimate of drug-likeness (QED) is 0.244. The molecule has 160 valence electrons. The van der Waals surface area contributed by atoms with Gasteiger partial charge in [-0.15, -0.1) is 0 Å². The van der Waals surface area contributed by atoms with Gasteiger partial charge in [-0.1, -0.05) is 70.5 Å². The molecule has 0 radical (unpaired) electrons. The van der Waals surface area contributed by atoms with Crippen LogP contribution in [0.15, 0.2) is 94.5 Å². The van der Waals surface area contributed by atoms with E-state index >= 15 is 0 Å². The van der Waals surface area contributed by atoms with Crippen LogP contribution in [0, 0.1) is 0 Å². The molecule has 0 saturated heterocycles. The van der Waals surface area contributed by atoms with Crippen molar-refractivity contribution in [2.75, 3.05) is 31.1 Å². The summed E-state index contributed by atoms with van der Waals surface area (Å²) in [5.41, 5.74) is 5.91. The minimum Gasteiger partial charge on any atom is -0.378 e. The Bertz CT molecular complexity index is 1200. The number of hydrazone groups is 1. The van der Waals surface area contributed by atoms with Gasteiger partial charge in [-0.05, 0) is 35.9 Å². The van der Waals surface area contributed by atoms with Crippen molar-refractivity contribution in [2.45, 2.75) is 0 Å². The fourth-order valence-electron chi connectivity index (χ4n) is 3.17. The van der Waals surface area contributed by atoms with Crippen molar-refractivity contribution in [3.8, 4) is 22.5 Å². The highest BCUT2D eigenvalue weighted by Gasteiger charge is 2.11. The highest BCUT2D eigenvalue weighted by molar-refractivity contribution is 9.10. The second-order valence-electron chi connectivity index (χ2n) is 7.57. The van der Waals surface area contributed by atoms with Crippen molar-refractivity contribution in [1.29, 1.82) is 0 Å². The Morgan fingerprint density at radius 1 is 0.750 bits per heavy atom. The molecule has 6 heteroatoms. The molecule has 0 unspecified atom stereocenters. The molecular formula is C26H24BrN5. The Kier molecular flexibility index (Phi) is 6.61. The van der Waals surface area contributed by atoms with E-state index in [1.807, 2.05) is 100 Å². The Morgan fingerprint density at radius 3 is 1.94 bits per heavy atom. The van der Waals surface area contributed by atoms with E-state index in [2.05, 4.69) is 38.1 Å². The third-order valence-corrected chi connectivity index (χ3v) is 5.53. The van der Waals surface area contributed by atoms with Gasteiger partial charge in [0.05, 0.1) is 17.6 Å². The van der Waals surface area contributed by atoms with E-state index in [1.165, 1.54) is 0 Å². The van der Waals surface area contributed by atoms with Crippen LogP contribution in [0.1, 0.15) is 5.56 Å². The smallest absolute Gasteiger partial charge is 0.247 e. The number of benzene rings is 3. The van der Waals surface area contributed by atoms with Crippen molar-refractivity contribution in [2.24, 2.45) is 5.10 Å². The van der Waals surface area contributed by atoms with E-state index in [1.54, 1.807) is 5.01 Å². The monoisotopic (exact) mass is 485 g/mol. The first-order valence-corrected chi connectivity index (χ1v) is 11.0. The van der Waals surface area contributed by atoms with Crippen LogP contribution in [-0.2, 0) is 0 Å². The van der Waals surface area contributed by atoms with Crippen LogP contribution in [0.5, 0.6) is 0 Å². The third-order valence-electron chi connectivity index (χ3n) is 5.00. The van der Waals surface area contributed by atoms with Crippen LogP contribution in [0.25, 0.3) is 22.5 Å². The van der Waals surface area contributed by atoms with E-state index in [0.717, 1.165) is 38.2 Å². The van der Waals surface area contributed by atoms with Gasteiger partial charge in [0.2, 0.25) is 5.95 Å². The summed E-state index contributed by atoms with van der Waals surface area (Å²) in [6, 6.07) is 28.5. The largest absolute Gasteiger partial charge is 0.378 e. The van der Waals surface area contributed by atoms with Crippen LogP contribution in [0.2, 0.25) is 0 Å². The minimum absolute atomic E-state index is 0.533. The van der Waals surface area contributed by atoms with Gasteiger partial charge < -0.3 is 4.90 Å². The summed E-state index contributed by atoms with van der Waals surface area (Å²) in [6.07, 6.45) is 1.82. The third kappa shape index (κ3) is 5.21. The van der Waals surface area contributed by atoms with Crippen LogP contribution >= 0.6 is 15.9 Å². The molecule has 0 atom stereocenters. The maximum Gasteiger partial charge on any atom is 0.247 e. The lowest BCUT2D eigenvalue weighted by Crippen LogP contribution is -2.13. The average molecular weight is 486 g/mol. The molecule has 3 aromatic carbocycles. The van der Waals surface area contributed by atoms with Crippen molar-refractivity contribution in [3.05, 3.63) is 95.0 Å². The Morgan fingerprint density at radius 2 is 1.34 bits per heavy atom. The predicted molar refractivity (Wildman–Crippen MR) is 137 cm³/mol. The summed E-state index contributed by atoms with van der Waals surface area (Å²) in [5, 5.41) is 6.29. The minimum atomic E-state index is 0.533. The second kappa shape index (κ2) is 9.75. The van der Waals surface area contributed by atoms with E-state index < -0.39 is 0 Å². The Balaban J connectivity index is 1.68. The van der Waals surface area contributed by atoms with Gasteiger partial charge in [0, 0.05) is 42.4 Å². The maximum absolute atomic E-state index is 4.79. The molecule has 1 heterocycles. The molecule has 0 fully saturated rings. The molecule has 0 aliphatic heterocycles. The zero-order valence-corrected chi connectivity index (χ0v) is 19.9. The summed E-state index contributed by atoms with van der Waals surface area (Å²) in [4.78, 5) is 11.6. The fraction of sp³-hybridized carbons (Fsp3) is 0.115. The normalized spacial score (nSPS) is 11.0. The SMILES string of the molecule is CN(C)c1ccc(C=NN(C)c2nc(-c3ccccc3)cc(-c3ccc(Br)cc3)n2)cc1. The van der Waals surface area contributed by atoms with Crippen molar-refractivity contribution >= 4 is 33.8 Å². The average Bonchev–Trinajstić information content (AvgIpc) is 2.83. The number of aromatic nitrogens is 2. The Hall–Kier alpha value is -3.51. The number of nitrogens with zero attached hydrogens (tertiary/aromatic N) is 5. The summed E-state index contributed by atoms with van der Waals surface area (Å²) in [5.74, 6) is 0.533. The summed E-state index contributed by atoms with van der Waals surface area (Å²) in [6.45, 7) is 0. The van der Waals surface area contributed by atoms with Gasteiger partial charge >= 0.3 is 0 Å². The van der Waals surface area contributed by atoms with E-state index in [-0.39, 0.29) is 0 Å². The number of anilines is 2.